The number of carbonyl (C=O) groups excluding carboxylic acids is 1. The quantitative estimate of drug-likeness (QED) is 0.414. The second-order valence-corrected chi connectivity index (χ2v) is 8.46. The Morgan fingerprint density at radius 3 is 2.71 bits per heavy atom. The number of hydrogen-bond acceptors (Lipinski definition) is 6. The van der Waals surface area contributed by atoms with Crippen LogP contribution in [0.2, 0.25) is 5.15 Å². The van der Waals surface area contributed by atoms with Gasteiger partial charge in [0.15, 0.2) is 22.5 Å². The molecular formula is C25H21ClFN5O3. The van der Waals surface area contributed by atoms with E-state index in [9.17, 15) is 9.18 Å². The van der Waals surface area contributed by atoms with Crippen molar-refractivity contribution in [3.05, 3.63) is 88.0 Å². The number of rotatable bonds is 6. The van der Waals surface area contributed by atoms with Gasteiger partial charge in [-0.05, 0) is 42.8 Å². The smallest absolute Gasteiger partial charge is 0.226 e. The lowest BCUT2D eigenvalue weighted by Crippen LogP contribution is -2.25. The van der Waals surface area contributed by atoms with Gasteiger partial charge >= 0.3 is 0 Å². The lowest BCUT2D eigenvalue weighted by molar-refractivity contribution is -0.116. The molecule has 2 aromatic carbocycles. The second-order valence-electron chi connectivity index (χ2n) is 8.07. The normalized spacial score (nSPS) is 14.9. The summed E-state index contributed by atoms with van der Waals surface area (Å²) in [4.78, 5) is 12.7. The largest absolute Gasteiger partial charge is 0.493 e. The minimum absolute atomic E-state index is 0.0619. The fourth-order valence-corrected chi connectivity index (χ4v) is 4.31. The van der Waals surface area contributed by atoms with E-state index >= 15 is 0 Å². The molecule has 1 atom stereocenters. The Bertz CT molecular complexity index is 1410. The zero-order chi connectivity index (χ0) is 24.5. The second kappa shape index (κ2) is 9.34. The highest BCUT2D eigenvalue weighted by atomic mass is 35.5. The van der Waals surface area contributed by atoms with Crippen molar-refractivity contribution >= 4 is 23.3 Å². The summed E-state index contributed by atoms with van der Waals surface area (Å²) in [6.07, 6.45) is 0.240. The van der Waals surface area contributed by atoms with Crippen LogP contribution in [-0.4, -0.2) is 33.0 Å². The van der Waals surface area contributed by atoms with Gasteiger partial charge in [0.2, 0.25) is 5.91 Å². The van der Waals surface area contributed by atoms with E-state index in [4.69, 9.17) is 21.1 Å². The molecule has 1 aliphatic rings. The third kappa shape index (κ3) is 4.42. The zero-order valence-corrected chi connectivity index (χ0v) is 19.7. The average molecular weight is 494 g/mol. The fourth-order valence-electron chi connectivity index (χ4n) is 4.21. The molecular weight excluding hydrogens is 473 g/mol. The van der Waals surface area contributed by atoms with Gasteiger partial charge in [0.1, 0.15) is 18.2 Å². The van der Waals surface area contributed by atoms with Crippen molar-refractivity contribution in [2.75, 3.05) is 12.4 Å². The van der Waals surface area contributed by atoms with Crippen LogP contribution in [0.3, 0.4) is 0 Å². The van der Waals surface area contributed by atoms with Gasteiger partial charge < -0.3 is 14.8 Å². The maximum absolute atomic E-state index is 14.0. The summed E-state index contributed by atoms with van der Waals surface area (Å²) in [5, 5.41) is 15.7. The highest BCUT2D eigenvalue weighted by Crippen LogP contribution is 2.42. The molecule has 8 nitrogen and oxygen atoms in total. The van der Waals surface area contributed by atoms with Gasteiger partial charge in [0.25, 0.3) is 0 Å². The molecule has 0 saturated heterocycles. The monoisotopic (exact) mass is 493 g/mol. The van der Waals surface area contributed by atoms with Crippen molar-refractivity contribution in [2.24, 2.45) is 0 Å². The van der Waals surface area contributed by atoms with E-state index in [0.29, 0.717) is 28.7 Å². The van der Waals surface area contributed by atoms with E-state index in [1.807, 2.05) is 19.1 Å². The predicted octanol–water partition coefficient (Wildman–Crippen LogP) is 4.82. The van der Waals surface area contributed by atoms with Crippen molar-refractivity contribution in [1.29, 1.82) is 0 Å². The summed E-state index contributed by atoms with van der Waals surface area (Å²) in [6, 6.07) is 15.2. The number of anilines is 1. The fraction of sp³-hybridized carbons (Fsp3) is 0.200. The van der Waals surface area contributed by atoms with E-state index in [1.54, 1.807) is 41.1 Å². The first-order valence-electron chi connectivity index (χ1n) is 10.9. The first-order valence-corrected chi connectivity index (χ1v) is 11.3. The van der Waals surface area contributed by atoms with Crippen LogP contribution < -0.4 is 14.8 Å². The summed E-state index contributed by atoms with van der Waals surface area (Å²) in [5.74, 6) is 1.20. The van der Waals surface area contributed by atoms with Gasteiger partial charge in [0.05, 0.1) is 12.8 Å². The number of amides is 1. The van der Waals surface area contributed by atoms with E-state index in [1.165, 1.54) is 13.2 Å². The molecule has 35 heavy (non-hydrogen) atoms. The van der Waals surface area contributed by atoms with Crippen LogP contribution in [-0.2, 0) is 11.4 Å². The summed E-state index contributed by atoms with van der Waals surface area (Å²) in [7, 11) is 1.54. The van der Waals surface area contributed by atoms with Crippen molar-refractivity contribution in [3.63, 3.8) is 0 Å². The first kappa shape index (κ1) is 22.8. The number of aryl methyl sites for hydroxylation is 1. The van der Waals surface area contributed by atoms with Crippen molar-refractivity contribution in [2.45, 2.75) is 25.9 Å². The number of carbonyl (C=O) groups is 1. The molecule has 1 N–H and O–H groups in total. The predicted molar refractivity (Wildman–Crippen MR) is 128 cm³/mol. The van der Waals surface area contributed by atoms with Crippen LogP contribution in [0.25, 0.3) is 5.82 Å². The molecule has 0 spiro atoms. The Labute approximate surface area is 205 Å². The van der Waals surface area contributed by atoms with Crippen LogP contribution in [0.1, 0.15) is 34.7 Å². The minimum atomic E-state index is -0.332. The Morgan fingerprint density at radius 2 is 1.97 bits per heavy atom. The topological polar surface area (TPSA) is 91.2 Å². The summed E-state index contributed by atoms with van der Waals surface area (Å²) < 4.78 is 26.9. The number of nitrogens with one attached hydrogen (secondary N) is 1. The molecule has 178 valence electrons. The number of halogens is 2. The van der Waals surface area contributed by atoms with Gasteiger partial charge in [-0.1, -0.05) is 35.9 Å². The van der Waals surface area contributed by atoms with Crippen molar-refractivity contribution in [1.82, 2.24) is 20.0 Å². The number of benzene rings is 2. The van der Waals surface area contributed by atoms with E-state index in [2.05, 4.69) is 20.6 Å². The van der Waals surface area contributed by atoms with Crippen LogP contribution in [0, 0.1) is 12.7 Å². The molecule has 1 aliphatic heterocycles. The highest BCUT2D eigenvalue weighted by molar-refractivity contribution is 6.29. The van der Waals surface area contributed by atoms with Gasteiger partial charge in [0, 0.05) is 23.5 Å². The Hall–Kier alpha value is -3.98. The van der Waals surface area contributed by atoms with Crippen LogP contribution in [0.4, 0.5) is 10.2 Å². The number of ether oxygens (including phenoxy) is 2. The molecule has 4 aromatic rings. The van der Waals surface area contributed by atoms with Crippen molar-refractivity contribution in [3.8, 4) is 17.3 Å². The third-order valence-electron chi connectivity index (χ3n) is 5.87. The lowest BCUT2D eigenvalue weighted by Gasteiger charge is -2.25. The molecule has 1 amide bonds. The number of methoxy groups -OCH3 is 1. The number of nitrogens with zero attached hydrogens (tertiary/aromatic N) is 4. The van der Waals surface area contributed by atoms with Gasteiger partial charge in [-0.15, -0.1) is 10.2 Å². The van der Waals surface area contributed by atoms with Crippen LogP contribution >= 0.6 is 11.6 Å². The van der Waals surface area contributed by atoms with E-state index in [-0.39, 0.29) is 35.8 Å². The van der Waals surface area contributed by atoms with Gasteiger partial charge in [-0.2, -0.15) is 9.78 Å². The van der Waals surface area contributed by atoms with E-state index < -0.39 is 0 Å². The molecule has 0 saturated carbocycles. The van der Waals surface area contributed by atoms with Gasteiger partial charge in [-0.3, -0.25) is 4.79 Å². The van der Waals surface area contributed by atoms with Crippen LogP contribution in [0.5, 0.6) is 11.5 Å². The first-order chi connectivity index (χ1) is 16.9. The zero-order valence-electron chi connectivity index (χ0n) is 19.0. The molecule has 3 heterocycles. The van der Waals surface area contributed by atoms with Crippen LogP contribution in [0.15, 0.2) is 54.6 Å². The van der Waals surface area contributed by atoms with Gasteiger partial charge in [-0.25, -0.2) is 4.39 Å². The average Bonchev–Trinajstić information content (AvgIpc) is 3.19. The molecule has 5 rings (SSSR count). The lowest BCUT2D eigenvalue weighted by atomic mass is 9.85. The molecule has 0 aliphatic carbocycles. The standard InChI is InChI=1S/C25H21ClFN5O3/c1-14-24-17(12-23(33)28-25(24)32(31-14)22-10-9-21(26)29-30-22)15-7-8-19(20(11-15)34-2)35-13-16-5-3-4-6-18(16)27/h3-11,17H,12-13H2,1-2H3,(H,28,33). The Morgan fingerprint density at radius 1 is 1.14 bits per heavy atom. The SMILES string of the molecule is COc1cc(C2CC(=O)Nc3c2c(C)nn3-c2ccc(Cl)nn2)ccc1OCc1ccccc1F. The molecule has 1 unspecified atom stereocenters. The van der Waals surface area contributed by atoms with Crippen molar-refractivity contribution < 1.29 is 18.7 Å². The highest BCUT2D eigenvalue weighted by Gasteiger charge is 2.33. The molecule has 2 aromatic heterocycles. The molecule has 0 bridgehead atoms. The number of fused-ring (bicyclic) bond motifs is 1. The summed E-state index contributed by atoms with van der Waals surface area (Å²) in [5.41, 5.74) is 2.94. The Kier molecular flexibility index (Phi) is 6.08. The van der Waals surface area contributed by atoms with E-state index in [0.717, 1.165) is 16.8 Å². The molecule has 0 fully saturated rings. The number of hydrogen-bond donors (Lipinski definition) is 1. The minimum Gasteiger partial charge on any atom is -0.493 e. The summed E-state index contributed by atoms with van der Waals surface area (Å²) >= 11 is 5.87. The Balaban J connectivity index is 1.48. The molecule has 10 heteroatoms. The maximum atomic E-state index is 14.0. The maximum Gasteiger partial charge on any atom is 0.226 e. The third-order valence-corrected chi connectivity index (χ3v) is 6.07. The molecule has 0 radical (unpaired) electrons. The summed E-state index contributed by atoms with van der Waals surface area (Å²) in [6.45, 7) is 1.94. The number of aromatic nitrogens is 4.